The van der Waals surface area contributed by atoms with Crippen LogP contribution in [0.3, 0.4) is 0 Å². The minimum absolute atomic E-state index is 0.0184. The van der Waals surface area contributed by atoms with Gasteiger partial charge in [-0.05, 0) is 37.8 Å². The molecule has 1 atom stereocenters. The molecule has 1 aliphatic heterocycles. The number of nitrogens with two attached hydrogens (primary N) is 1. The zero-order valence-corrected chi connectivity index (χ0v) is 14.0. The SMILES string of the molecule is NC(=O)C1(C(=O)N2CCC[C@H](C(=O)c3cccc(C(F)(F)F)c3)C2)CC1. The number of carbonyl (C=O) groups excluding carboxylic acids is 3. The van der Waals surface area contributed by atoms with Gasteiger partial charge in [0, 0.05) is 24.6 Å². The first-order valence-corrected chi connectivity index (χ1v) is 8.46. The van der Waals surface area contributed by atoms with Crippen LogP contribution >= 0.6 is 0 Å². The second-order valence-corrected chi connectivity index (χ2v) is 6.98. The summed E-state index contributed by atoms with van der Waals surface area (Å²) in [4.78, 5) is 38.2. The van der Waals surface area contributed by atoms with Gasteiger partial charge < -0.3 is 10.6 Å². The van der Waals surface area contributed by atoms with Gasteiger partial charge in [-0.2, -0.15) is 13.2 Å². The van der Waals surface area contributed by atoms with Gasteiger partial charge in [-0.3, -0.25) is 14.4 Å². The van der Waals surface area contributed by atoms with E-state index >= 15 is 0 Å². The molecule has 2 N–H and O–H groups in total. The van der Waals surface area contributed by atoms with Crippen LogP contribution in [-0.4, -0.2) is 35.6 Å². The largest absolute Gasteiger partial charge is 0.416 e. The normalized spacial score (nSPS) is 22.0. The lowest BCUT2D eigenvalue weighted by atomic mass is 9.88. The number of halogens is 3. The van der Waals surface area contributed by atoms with E-state index in [1.54, 1.807) is 0 Å². The van der Waals surface area contributed by atoms with Crippen molar-refractivity contribution in [3.63, 3.8) is 0 Å². The minimum Gasteiger partial charge on any atom is -0.369 e. The average molecular weight is 368 g/mol. The van der Waals surface area contributed by atoms with Crippen LogP contribution in [0.5, 0.6) is 0 Å². The Kier molecular flexibility index (Phi) is 4.54. The van der Waals surface area contributed by atoms with E-state index in [4.69, 9.17) is 5.73 Å². The van der Waals surface area contributed by atoms with Crippen molar-refractivity contribution in [2.45, 2.75) is 31.9 Å². The molecule has 1 aromatic carbocycles. The number of benzene rings is 1. The molecule has 5 nitrogen and oxygen atoms in total. The summed E-state index contributed by atoms with van der Waals surface area (Å²) in [5.41, 5.74) is 3.28. The number of likely N-dealkylation sites (tertiary alicyclic amines) is 1. The van der Waals surface area contributed by atoms with E-state index in [0.717, 1.165) is 12.1 Å². The van der Waals surface area contributed by atoms with E-state index in [1.165, 1.54) is 17.0 Å². The van der Waals surface area contributed by atoms with Crippen molar-refractivity contribution in [2.75, 3.05) is 13.1 Å². The lowest BCUT2D eigenvalue weighted by Gasteiger charge is -2.34. The molecule has 2 fully saturated rings. The maximum absolute atomic E-state index is 12.8. The summed E-state index contributed by atoms with van der Waals surface area (Å²) in [5.74, 6) is -2.03. The van der Waals surface area contributed by atoms with Crippen LogP contribution in [0.2, 0.25) is 0 Å². The lowest BCUT2D eigenvalue weighted by Crippen LogP contribution is -2.48. The molecule has 3 rings (SSSR count). The van der Waals surface area contributed by atoms with Gasteiger partial charge in [-0.1, -0.05) is 12.1 Å². The van der Waals surface area contributed by atoms with Gasteiger partial charge in [0.1, 0.15) is 5.41 Å². The van der Waals surface area contributed by atoms with E-state index < -0.39 is 34.8 Å². The molecule has 0 bridgehead atoms. The highest BCUT2D eigenvalue weighted by molar-refractivity contribution is 6.07. The first kappa shape index (κ1) is 18.4. The van der Waals surface area contributed by atoms with E-state index in [2.05, 4.69) is 0 Å². The van der Waals surface area contributed by atoms with Crippen LogP contribution in [0.15, 0.2) is 24.3 Å². The first-order valence-electron chi connectivity index (χ1n) is 8.46. The molecule has 0 unspecified atom stereocenters. The summed E-state index contributed by atoms with van der Waals surface area (Å²) in [5, 5.41) is 0. The maximum atomic E-state index is 12.8. The van der Waals surface area contributed by atoms with Crippen LogP contribution in [0.1, 0.15) is 41.6 Å². The Morgan fingerprint density at radius 1 is 1.19 bits per heavy atom. The maximum Gasteiger partial charge on any atom is 0.416 e. The highest BCUT2D eigenvalue weighted by atomic mass is 19.4. The highest BCUT2D eigenvalue weighted by Crippen LogP contribution is 2.47. The van der Waals surface area contributed by atoms with Crippen molar-refractivity contribution in [2.24, 2.45) is 17.1 Å². The van der Waals surface area contributed by atoms with Gasteiger partial charge >= 0.3 is 6.18 Å². The summed E-state index contributed by atoms with van der Waals surface area (Å²) in [6.07, 6.45) is -2.67. The van der Waals surface area contributed by atoms with Gasteiger partial charge in [0.15, 0.2) is 5.78 Å². The molecule has 26 heavy (non-hydrogen) atoms. The first-order chi connectivity index (χ1) is 12.1. The van der Waals surface area contributed by atoms with E-state index in [0.29, 0.717) is 32.2 Å². The number of nitrogens with zero attached hydrogens (tertiary/aromatic N) is 1. The second kappa shape index (κ2) is 6.41. The lowest BCUT2D eigenvalue weighted by molar-refractivity contribution is -0.144. The Labute approximate surface area is 148 Å². The Balaban J connectivity index is 1.75. The molecule has 0 spiro atoms. The topological polar surface area (TPSA) is 80.5 Å². The Bertz CT molecular complexity index is 756. The smallest absolute Gasteiger partial charge is 0.369 e. The molecule has 1 saturated heterocycles. The van der Waals surface area contributed by atoms with E-state index in [-0.39, 0.29) is 18.0 Å². The number of alkyl halides is 3. The Morgan fingerprint density at radius 3 is 2.46 bits per heavy atom. The number of rotatable bonds is 4. The summed E-state index contributed by atoms with van der Waals surface area (Å²) in [6.45, 7) is 0.517. The van der Waals surface area contributed by atoms with Crippen LogP contribution in [0, 0.1) is 11.3 Å². The monoisotopic (exact) mass is 368 g/mol. The highest BCUT2D eigenvalue weighted by Gasteiger charge is 2.57. The third-order valence-electron chi connectivity index (χ3n) is 5.18. The zero-order chi connectivity index (χ0) is 19.1. The van der Waals surface area contributed by atoms with Crippen LogP contribution in [0.25, 0.3) is 0 Å². The van der Waals surface area contributed by atoms with Crippen LogP contribution < -0.4 is 5.73 Å². The fourth-order valence-electron chi connectivity index (χ4n) is 3.45. The van der Waals surface area contributed by atoms with Crippen molar-refractivity contribution in [3.8, 4) is 0 Å². The molecule has 1 heterocycles. The molecule has 2 aliphatic rings. The van der Waals surface area contributed by atoms with E-state index in [9.17, 15) is 27.6 Å². The van der Waals surface area contributed by atoms with Crippen molar-refractivity contribution in [3.05, 3.63) is 35.4 Å². The van der Waals surface area contributed by atoms with Crippen LogP contribution in [-0.2, 0) is 15.8 Å². The molecule has 1 saturated carbocycles. The van der Waals surface area contributed by atoms with Crippen molar-refractivity contribution in [1.29, 1.82) is 0 Å². The number of primary amides is 1. The molecular formula is C18H19F3N2O3. The summed E-state index contributed by atoms with van der Waals surface area (Å²) in [6, 6.07) is 4.31. The molecule has 0 aromatic heterocycles. The molecule has 140 valence electrons. The molecule has 1 aliphatic carbocycles. The quantitative estimate of drug-likeness (QED) is 0.655. The summed E-state index contributed by atoms with van der Waals surface area (Å²) >= 11 is 0. The minimum atomic E-state index is -4.52. The molecule has 8 heteroatoms. The van der Waals surface area contributed by atoms with Gasteiger partial charge in [0.25, 0.3) is 0 Å². The Hall–Kier alpha value is -2.38. The van der Waals surface area contributed by atoms with Gasteiger partial charge in [-0.25, -0.2) is 0 Å². The number of Topliss-reactive ketones (excluding diaryl/α,β-unsaturated/α-hetero) is 1. The molecule has 0 radical (unpaired) electrons. The molecule has 1 aromatic rings. The number of carbonyl (C=O) groups is 3. The van der Waals surface area contributed by atoms with Gasteiger partial charge in [0.2, 0.25) is 11.8 Å². The van der Waals surface area contributed by atoms with Gasteiger partial charge in [-0.15, -0.1) is 0 Å². The van der Waals surface area contributed by atoms with Crippen molar-refractivity contribution >= 4 is 17.6 Å². The fraction of sp³-hybridized carbons (Fsp3) is 0.500. The summed E-state index contributed by atoms with van der Waals surface area (Å²) in [7, 11) is 0. The zero-order valence-electron chi connectivity index (χ0n) is 14.0. The predicted molar refractivity (Wildman–Crippen MR) is 85.9 cm³/mol. The third kappa shape index (κ3) is 3.32. The summed E-state index contributed by atoms with van der Waals surface area (Å²) < 4.78 is 38.5. The second-order valence-electron chi connectivity index (χ2n) is 6.98. The molecular weight excluding hydrogens is 349 g/mol. The standard InChI is InChI=1S/C18H19F3N2O3/c19-18(20,21)13-5-1-3-11(9-13)14(24)12-4-2-8-23(10-12)16(26)17(6-7-17)15(22)25/h1,3,5,9,12H,2,4,6-8,10H2,(H2,22,25)/t12-/m0/s1. The van der Waals surface area contributed by atoms with Crippen molar-refractivity contribution in [1.82, 2.24) is 4.90 Å². The fourth-order valence-corrected chi connectivity index (χ4v) is 3.45. The Morgan fingerprint density at radius 2 is 1.88 bits per heavy atom. The van der Waals surface area contributed by atoms with Crippen molar-refractivity contribution < 1.29 is 27.6 Å². The number of ketones is 1. The number of piperidine rings is 1. The van der Waals surface area contributed by atoms with E-state index in [1.807, 2.05) is 0 Å². The molecule has 2 amide bonds. The van der Waals surface area contributed by atoms with Crippen LogP contribution in [0.4, 0.5) is 13.2 Å². The number of amides is 2. The van der Waals surface area contributed by atoms with Gasteiger partial charge in [0.05, 0.1) is 5.56 Å². The number of hydrogen-bond donors (Lipinski definition) is 1. The average Bonchev–Trinajstić information content (AvgIpc) is 3.42. The third-order valence-corrected chi connectivity index (χ3v) is 5.18. The predicted octanol–water partition coefficient (Wildman–Crippen LogP) is 2.39. The number of hydrogen-bond acceptors (Lipinski definition) is 3.